The molecule has 124 valence electrons. The molecule has 0 atom stereocenters. The summed E-state index contributed by atoms with van der Waals surface area (Å²) in [6.45, 7) is 12.7. The third kappa shape index (κ3) is 4.55. The zero-order valence-corrected chi connectivity index (χ0v) is 16.4. The Hall–Kier alpha value is -1.93. The van der Waals surface area contributed by atoms with Crippen molar-refractivity contribution in [2.24, 2.45) is 10.9 Å². The van der Waals surface area contributed by atoms with Crippen LogP contribution in [-0.2, 0) is 0 Å². The molecule has 0 aliphatic carbocycles. The second-order valence-electron chi connectivity index (χ2n) is 6.18. The summed E-state index contributed by atoms with van der Waals surface area (Å²) in [4.78, 5) is 4.91. The van der Waals surface area contributed by atoms with Crippen LogP contribution in [0.4, 0.5) is 0 Å². The van der Waals surface area contributed by atoms with E-state index in [1.807, 2.05) is 19.1 Å². The molecule has 0 aliphatic rings. The SMILES string of the molecule is C=C(N=C(c1ccc(C)cc1)c1cccc(Br)c1)/C(=C\C)C(C)C. The van der Waals surface area contributed by atoms with Crippen molar-refractivity contribution in [2.75, 3.05) is 0 Å². The summed E-state index contributed by atoms with van der Waals surface area (Å²) >= 11 is 3.56. The highest BCUT2D eigenvalue weighted by atomic mass is 79.9. The highest BCUT2D eigenvalue weighted by molar-refractivity contribution is 9.10. The molecule has 0 aromatic heterocycles. The molecule has 0 amide bonds. The van der Waals surface area contributed by atoms with Gasteiger partial charge in [0.25, 0.3) is 0 Å². The first kappa shape index (κ1) is 18.4. The van der Waals surface area contributed by atoms with Crippen molar-refractivity contribution in [3.05, 3.63) is 93.6 Å². The molecule has 0 heterocycles. The summed E-state index contributed by atoms with van der Waals surface area (Å²) in [6, 6.07) is 16.7. The predicted molar refractivity (Wildman–Crippen MR) is 109 cm³/mol. The van der Waals surface area contributed by atoms with Gasteiger partial charge in [-0.25, -0.2) is 4.99 Å². The fourth-order valence-corrected chi connectivity index (χ4v) is 3.07. The minimum Gasteiger partial charge on any atom is -0.248 e. The third-order valence-corrected chi connectivity index (χ3v) is 4.43. The van der Waals surface area contributed by atoms with E-state index in [0.717, 1.165) is 27.0 Å². The van der Waals surface area contributed by atoms with Gasteiger partial charge in [-0.05, 0) is 37.5 Å². The second-order valence-corrected chi connectivity index (χ2v) is 7.10. The van der Waals surface area contributed by atoms with Crippen molar-refractivity contribution in [1.82, 2.24) is 0 Å². The Morgan fingerprint density at radius 2 is 1.75 bits per heavy atom. The van der Waals surface area contributed by atoms with Crippen LogP contribution in [0, 0.1) is 12.8 Å². The van der Waals surface area contributed by atoms with Crippen LogP contribution >= 0.6 is 15.9 Å². The maximum Gasteiger partial charge on any atom is 0.0781 e. The van der Waals surface area contributed by atoms with E-state index >= 15 is 0 Å². The van der Waals surface area contributed by atoms with Crippen LogP contribution in [0.2, 0.25) is 0 Å². The van der Waals surface area contributed by atoms with E-state index in [-0.39, 0.29) is 0 Å². The van der Waals surface area contributed by atoms with Gasteiger partial charge in [-0.2, -0.15) is 0 Å². The molecule has 0 bridgehead atoms. The van der Waals surface area contributed by atoms with Crippen molar-refractivity contribution in [2.45, 2.75) is 27.7 Å². The molecule has 0 spiro atoms. The van der Waals surface area contributed by atoms with E-state index in [2.05, 4.69) is 85.8 Å². The van der Waals surface area contributed by atoms with Gasteiger partial charge in [0.05, 0.1) is 11.4 Å². The lowest BCUT2D eigenvalue weighted by molar-refractivity contribution is 0.774. The molecule has 24 heavy (non-hydrogen) atoms. The van der Waals surface area contributed by atoms with E-state index < -0.39 is 0 Å². The number of benzene rings is 2. The third-order valence-electron chi connectivity index (χ3n) is 3.94. The molecule has 1 nitrogen and oxygen atoms in total. The number of halogens is 1. The van der Waals surface area contributed by atoms with E-state index in [9.17, 15) is 0 Å². The van der Waals surface area contributed by atoms with Crippen molar-refractivity contribution in [1.29, 1.82) is 0 Å². The quantitative estimate of drug-likeness (QED) is 0.402. The first-order valence-electron chi connectivity index (χ1n) is 8.19. The summed E-state index contributed by atoms with van der Waals surface area (Å²) in [7, 11) is 0. The minimum atomic E-state index is 0.396. The van der Waals surface area contributed by atoms with Crippen molar-refractivity contribution >= 4 is 21.6 Å². The van der Waals surface area contributed by atoms with Crippen LogP contribution in [-0.4, -0.2) is 5.71 Å². The van der Waals surface area contributed by atoms with Gasteiger partial charge in [-0.3, -0.25) is 0 Å². The summed E-state index contributed by atoms with van der Waals surface area (Å²) in [5, 5.41) is 0. The van der Waals surface area contributed by atoms with Crippen LogP contribution in [0.3, 0.4) is 0 Å². The molecule has 2 aromatic carbocycles. The van der Waals surface area contributed by atoms with Crippen LogP contribution < -0.4 is 0 Å². The number of aliphatic imine (C=N–C) groups is 1. The molecule has 2 aromatic rings. The summed E-state index contributed by atoms with van der Waals surface area (Å²) in [5.74, 6) is 0.396. The Morgan fingerprint density at radius 3 is 2.29 bits per heavy atom. The van der Waals surface area contributed by atoms with Crippen molar-refractivity contribution < 1.29 is 0 Å². The maximum absolute atomic E-state index is 4.91. The molecule has 2 rings (SSSR count). The molecule has 0 unspecified atom stereocenters. The first-order chi connectivity index (χ1) is 11.4. The Kier molecular flexibility index (Phi) is 6.33. The zero-order chi connectivity index (χ0) is 17.7. The monoisotopic (exact) mass is 381 g/mol. The highest BCUT2D eigenvalue weighted by Gasteiger charge is 2.11. The molecule has 0 fully saturated rings. The summed E-state index contributed by atoms with van der Waals surface area (Å²) in [5.41, 5.74) is 6.36. The van der Waals surface area contributed by atoms with Gasteiger partial charge in [0.15, 0.2) is 0 Å². The Labute approximate surface area is 154 Å². The maximum atomic E-state index is 4.91. The van der Waals surface area contributed by atoms with E-state index in [1.165, 1.54) is 11.1 Å². The number of hydrogen-bond donors (Lipinski definition) is 0. The van der Waals surface area contributed by atoms with E-state index in [0.29, 0.717) is 5.92 Å². The number of nitrogens with zero attached hydrogens (tertiary/aromatic N) is 1. The zero-order valence-electron chi connectivity index (χ0n) is 14.8. The molecule has 0 saturated carbocycles. The second kappa shape index (κ2) is 8.25. The lowest BCUT2D eigenvalue weighted by Gasteiger charge is -2.14. The average Bonchev–Trinajstić information content (AvgIpc) is 2.54. The summed E-state index contributed by atoms with van der Waals surface area (Å²) < 4.78 is 1.04. The molecule has 0 N–H and O–H groups in total. The van der Waals surface area contributed by atoms with Gasteiger partial charge in [-0.1, -0.05) is 84.4 Å². The molecular formula is C22H24BrN. The average molecular weight is 382 g/mol. The minimum absolute atomic E-state index is 0.396. The fourth-order valence-electron chi connectivity index (χ4n) is 2.68. The van der Waals surface area contributed by atoms with Crippen LogP contribution in [0.1, 0.15) is 37.5 Å². The topological polar surface area (TPSA) is 12.4 Å². The van der Waals surface area contributed by atoms with Gasteiger partial charge in [-0.15, -0.1) is 0 Å². The van der Waals surface area contributed by atoms with Gasteiger partial charge >= 0.3 is 0 Å². The number of rotatable bonds is 5. The Morgan fingerprint density at radius 1 is 1.08 bits per heavy atom. The Bertz CT molecular complexity index is 780. The van der Waals surface area contributed by atoms with Gasteiger partial charge in [0.2, 0.25) is 0 Å². The number of hydrogen-bond acceptors (Lipinski definition) is 1. The highest BCUT2D eigenvalue weighted by Crippen LogP contribution is 2.23. The Balaban J connectivity index is 2.56. The lowest BCUT2D eigenvalue weighted by Crippen LogP contribution is -2.06. The van der Waals surface area contributed by atoms with Gasteiger partial charge in [0.1, 0.15) is 0 Å². The van der Waals surface area contributed by atoms with Crippen LogP contribution in [0.15, 0.2) is 81.9 Å². The lowest BCUT2D eigenvalue weighted by atomic mass is 9.98. The normalized spacial score (nSPS) is 12.6. The largest absolute Gasteiger partial charge is 0.248 e. The first-order valence-corrected chi connectivity index (χ1v) is 8.98. The molecule has 0 saturated heterocycles. The van der Waals surface area contributed by atoms with Crippen LogP contribution in [0.25, 0.3) is 0 Å². The molecular weight excluding hydrogens is 358 g/mol. The van der Waals surface area contributed by atoms with E-state index in [1.54, 1.807) is 0 Å². The molecule has 2 heteroatoms. The van der Waals surface area contributed by atoms with Crippen LogP contribution in [0.5, 0.6) is 0 Å². The van der Waals surface area contributed by atoms with E-state index in [4.69, 9.17) is 4.99 Å². The molecule has 0 radical (unpaired) electrons. The predicted octanol–water partition coefficient (Wildman–Crippen LogP) is 6.71. The van der Waals surface area contributed by atoms with Crippen molar-refractivity contribution in [3.8, 4) is 0 Å². The van der Waals surface area contributed by atoms with Gasteiger partial charge < -0.3 is 0 Å². The van der Waals surface area contributed by atoms with Gasteiger partial charge in [0, 0.05) is 15.6 Å². The fraction of sp³-hybridized carbons (Fsp3) is 0.227. The standard InChI is InChI=1S/C22H24BrN/c1-6-21(15(2)3)17(5)24-22(18-12-10-16(4)11-13-18)19-8-7-9-20(23)14-19/h6-15H,5H2,1-4H3/b21-6-,24-22?. The van der Waals surface area contributed by atoms with Crippen molar-refractivity contribution in [3.63, 3.8) is 0 Å². The summed E-state index contributed by atoms with van der Waals surface area (Å²) in [6.07, 6.45) is 2.10. The number of aryl methyl sites for hydroxylation is 1. The molecule has 0 aliphatic heterocycles. The smallest absolute Gasteiger partial charge is 0.0781 e. The number of allylic oxidation sites excluding steroid dienone is 2.